The number of hydrogen-bond donors (Lipinski definition) is 1. The molecule has 146 valence electrons. The molecule has 0 radical (unpaired) electrons. The maximum atomic E-state index is 13.0. The molecule has 1 heterocycles. The Morgan fingerprint density at radius 2 is 1.77 bits per heavy atom. The molecule has 1 fully saturated rings. The Kier molecular flexibility index (Phi) is 7.20. The van der Waals surface area contributed by atoms with Crippen LogP contribution in [0.1, 0.15) is 44.7 Å². The molecule has 0 spiro atoms. The van der Waals surface area contributed by atoms with Crippen molar-refractivity contribution < 1.29 is 18.3 Å². The minimum atomic E-state index is -3.50. The summed E-state index contributed by atoms with van der Waals surface area (Å²) in [5.74, 6) is -0.843. The maximum Gasteiger partial charge on any atom is 0.317 e. The van der Waals surface area contributed by atoms with E-state index in [1.54, 1.807) is 10.4 Å². The molecule has 1 aliphatic heterocycles. The summed E-state index contributed by atoms with van der Waals surface area (Å²) in [5.41, 5.74) is 2.28. The standard InChI is InChI=1S/C19H30N2O4S/c1-4-15-7-8-18(13-16(15)5-2)26(24,25)21-11-9-17(10-12-21)20(6-3)14-19(22)23/h7-8,13,17H,4-6,9-12,14H2,1-3H3,(H,22,23). The minimum Gasteiger partial charge on any atom is -0.480 e. The van der Waals surface area contributed by atoms with Crippen LogP contribution in [0.3, 0.4) is 0 Å². The average molecular weight is 383 g/mol. The van der Waals surface area contributed by atoms with Crippen LogP contribution in [-0.2, 0) is 27.7 Å². The molecule has 26 heavy (non-hydrogen) atoms. The first kappa shape index (κ1) is 20.9. The number of carbonyl (C=O) groups is 1. The molecule has 1 aromatic carbocycles. The number of piperidine rings is 1. The number of rotatable bonds is 8. The van der Waals surface area contributed by atoms with E-state index in [-0.39, 0.29) is 12.6 Å². The predicted octanol–water partition coefficient (Wildman–Crippen LogP) is 2.37. The summed E-state index contributed by atoms with van der Waals surface area (Å²) in [6, 6.07) is 5.56. The molecule has 1 N–H and O–H groups in total. The van der Waals surface area contributed by atoms with Crippen molar-refractivity contribution in [3.8, 4) is 0 Å². The lowest BCUT2D eigenvalue weighted by Crippen LogP contribution is -2.48. The molecular formula is C19H30N2O4S. The summed E-state index contributed by atoms with van der Waals surface area (Å²) >= 11 is 0. The first-order valence-corrected chi connectivity index (χ1v) is 10.8. The van der Waals surface area contributed by atoms with Gasteiger partial charge in [-0.1, -0.05) is 26.8 Å². The van der Waals surface area contributed by atoms with Gasteiger partial charge in [-0.3, -0.25) is 9.69 Å². The van der Waals surface area contributed by atoms with E-state index < -0.39 is 16.0 Å². The zero-order valence-corrected chi connectivity index (χ0v) is 16.8. The summed E-state index contributed by atoms with van der Waals surface area (Å²) in [4.78, 5) is 13.3. The molecule has 0 unspecified atom stereocenters. The van der Waals surface area contributed by atoms with Gasteiger partial charge in [-0.25, -0.2) is 8.42 Å². The number of hydrogen-bond acceptors (Lipinski definition) is 4. The van der Waals surface area contributed by atoms with E-state index >= 15 is 0 Å². The SMILES string of the molecule is CCc1ccc(S(=O)(=O)N2CCC(N(CC)CC(=O)O)CC2)cc1CC. The zero-order chi connectivity index (χ0) is 19.3. The van der Waals surface area contributed by atoms with Gasteiger partial charge in [0.15, 0.2) is 0 Å². The van der Waals surface area contributed by atoms with Gasteiger partial charge in [0.1, 0.15) is 0 Å². The van der Waals surface area contributed by atoms with Crippen LogP contribution in [0, 0.1) is 0 Å². The Hall–Kier alpha value is -1.44. The monoisotopic (exact) mass is 382 g/mol. The summed E-state index contributed by atoms with van der Waals surface area (Å²) in [5, 5.41) is 9.02. The maximum absolute atomic E-state index is 13.0. The molecule has 0 aromatic heterocycles. The summed E-state index contributed by atoms with van der Waals surface area (Å²) < 4.78 is 27.5. The molecule has 0 bridgehead atoms. The number of aryl methyl sites for hydroxylation is 2. The van der Waals surface area contributed by atoms with E-state index in [2.05, 4.69) is 6.92 Å². The van der Waals surface area contributed by atoms with Crippen molar-refractivity contribution >= 4 is 16.0 Å². The van der Waals surface area contributed by atoms with Gasteiger partial charge >= 0.3 is 5.97 Å². The lowest BCUT2D eigenvalue weighted by molar-refractivity contribution is -0.139. The molecule has 0 saturated carbocycles. The van der Waals surface area contributed by atoms with Crippen LogP contribution in [-0.4, -0.2) is 60.9 Å². The molecule has 1 saturated heterocycles. The highest BCUT2D eigenvalue weighted by Crippen LogP contribution is 2.25. The fourth-order valence-corrected chi connectivity index (χ4v) is 5.23. The van der Waals surface area contributed by atoms with Crippen LogP contribution in [0.4, 0.5) is 0 Å². The van der Waals surface area contributed by atoms with Crippen molar-refractivity contribution in [2.24, 2.45) is 0 Å². The highest BCUT2D eigenvalue weighted by atomic mass is 32.2. The second-order valence-electron chi connectivity index (χ2n) is 6.73. The third kappa shape index (κ3) is 4.64. The number of nitrogens with zero attached hydrogens (tertiary/aromatic N) is 2. The minimum absolute atomic E-state index is 0.00621. The molecule has 0 amide bonds. The van der Waals surface area contributed by atoms with E-state index in [9.17, 15) is 13.2 Å². The molecule has 1 aromatic rings. The van der Waals surface area contributed by atoms with Gasteiger partial charge in [-0.05, 0) is 55.5 Å². The molecule has 2 rings (SSSR count). The molecule has 6 nitrogen and oxygen atoms in total. The normalized spacial score (nSPS) is 16.9. The third-order valence-electron chi connectivity index (χ3n) is 5.26. The Labute approximate surface area is 156 Å². The molecule has 7 heteroatoms. The summed E-state index contributed by atoms with van der Waals surface area (Å²) in [6.07, 6.45) is 3.03. The highest BCUT2D eigenvalue weighted by molar-refractivity contribution is 7.89. The zero-order valence-electron chi connectivity index (χ0n) is 15.9. The van der Waals surface area contributed by atoms with Gasteiger partial charge in [-0.2, -0.15) is 4.31 Å². The van der Waals surface area contributed by atoms with Crippen molar-refractivity contribution in [1.82, 2.24) is 9.21 Å². The Bertz CT molecular complexity index is 725. The Balaban J connectivity index is 2.11. The number of likely N-dealkylation sites (N-methyl/N-ethyl adjacent to an activating group) is 1. The van der Waals surface area contributed by atoms with Gasteiger partial charge in [0.2, 0.25) is 10.0 Å². The average Bonchev–Trinajstić information content (AvgIpc) is 2.65. The summed E-state index contributed by atoms with van der Waals surface area (Å²) in [6.45, 7) is 7.57. The van der Waals surface area contributed by atoms with E-state index in [4.69, 9.17) is 5.11 Å². The van der Waals surface area contributed by atoms with Crippen LogP contribution in [0.2, 0.25) is 0 Å². The van der Waals surface area contributed by atoms with Gasteiger partial charge in [0.25, 0.3) is 0 Å². The lowest BCUT2D eigenvalue weighted by Gasteiger charge is -2.36. The highest BCUT2D eigenvalue weighted by Gasteiger charge is 2.32. The molecular weight excluding hydrogens is 352 g/mol. The molecule has 0 aliphatic carbocycles. The number of sulfonamides is 1. The number of benzene rings is 1. The fourth-order valence-electron chi connectivity index (χ4n) is 3.71. The first-order valence-electron chi connectivity index (χ1n) is 9.41. The summed E-state index contributed by atoms with van der Waals surface area (Å²) in [7, 11) is -3.50. The van der Waals surface area contributed by atoms with Crippen molar-refractivity contribution in [1.29, 1.82) is 0 Å². The van der Waals surface area contributed by atoms with E-state index in [1.807, 2.05) is 30.9 Å². The van der Waals surface area contributed by atoms with E-state index in [1.165, 1.54) is 5.56 Å². The van der Waals surface area contributed by atoms with Gasteiger partial charge in [0, 0.05) is 19.1 Å². The number of carboxylic acids is 1. The van der Waals surface area contributed by atoms with Crippen LogP contribution in [0.5, 0.6) is 0 Å². The second-order valence-corrected chi connectivity index (χ2v) is 8.67. The fraction of sp³-hybridized carbons (Fsp3) is 0.632. The van der Waals surface area contributed by atoms with Crippen LogP contribution in [0.15, 0.2) is 23.1 Å². The van der Waals surface area contributed by atoms with Crippen molar-refractivity contribution in [2.75, 3.05) is 26.2 Å². The Morgan fingerprint density at radius 3 is 2.27 bits per heavy atom. The van der Waals surface area contributed by atoms with Crippen molar-refractivity contribution in [2.45, 2.75) is 57.4 Å². The number of aliphatic carboxylic acids is 1. The van der Waals surface area contributed by atoms with Gasteiger partial charge in [-0.15, -0.1) is 0 Å². The quantitative estimate of drug-likeness (QED) is 0.747. The smallest absolute Gasteiger partial charge is 0.317 e. The molecule has 1 aliphatic rings. The van der Waals surface area contributed by atoms with Crippen LogP contribution >= 0.6 is 0 Å². The van der Waals surface area contributed by atoms with Crippen LogP contribution < -0.4 is 0 Å². The first-order chi connectivity index (χ1) is 12.3. The van der Waals surface area contributed by atoms with E-state index in [0.29, 0.717) is 37.4 Å². The van der Waals surface area contributed by atoms with Gasteiger partial charge in [0.05, 0.1) is 11.4 Å². The number of carboxylic acid groups (broad SMARTS) is 1. The molecule has 0 atom stereocenters. The van der Waals surface area contributed by atoms with E-state index in [0.717, 1.165) is 18.4 Å². The predicted molar refractivity (Wildman–Crippen MR) is 102 cm³/mol. The Morgan fingerprint density at radius 1 is 1.15 bits per heavy atom. The van der Waals surface area contributed by atoms with Crippen LogP contribution in [0.25, 0.3) is 0 Å². The van der Waals surface area contributed by atoms with Crippen molar-refractivity contribution in [3.05, 3.63) is 29.3 Å². The second kappa shape index (κ2) is 8.97. The topological polar surface area (TPSA) is 77.9 Å². The van der Waals surface area contributed by atoms with Crippen molar-refractivity contribution in [3.63, 3.8) is 0 Å². The largest absolute Gasteiger partial charge is 0.480 e. The third-order valence-corrected chi connectivity index (χ3v) is 7.16. The lowest BCUT2D eigenvalue weighted by atomic mass is 10.0. The van der Waals surface area contributed by atoms with Gasteiger partial charge < -0.3 is 5.11 Å².